The molecule has 2 amide bonds. The number of nitrogens with zero attached hydrogens (tertiary/aromatic N) is 3. The van der Waals surface area contributed by atoms with E-state index >= 15 is 0 Å². The van der Waals surface area contributed by atoms with Crippen molar-refractivity contribution in [3.63, 3.8) is 0 Å². The van der Waals surface area contributed by atoms with Crippen LogP contribution in [0.2, 0.25) is 0 Å². The zero-order chi connectivity index (χ0) is 28.2. The van der Waals surface area contributed by atoms with Gasteiger partial charge in [0.25, 0.3) is 11.8 Å². The first-order valence-corrected chi connectivity index (χ1v) is 15.2. The van der Waals surface area contributed by atoms with Crippen molar-refractivity contribution >= 4 is 39.1 Å². The lowest BCUT2D eigenvalue weighted by Crippen LogP contribution is -2.50. The van der Waals surface area contributed by atoms with Crippen LogP contribution >= 0.6 is 11.3 Å². The number of fused-ring (bicyclic) bond motifs is 2. The molecule has 5 rings (SSSR count). The second kappa shape index (κ2) is 12.7. The highest BCUT2D eigenvalue weighted by atomic mass is 32.1. The van der Waals surface area contributed by atoms with E-state index in [1.54, 1.807) is 23.1 Å². The van der Waals surface area contributed by atoms with E-state index in [-0.39, 0.29) is 36.5 Å². The molecule has 0 unspecified atom stereocenters. The van der Waals surface area contributed by atoms with Gasteiger partial charge in [-0.25, -0.2) is 4.98 Å². The maximum absolute atomic E-state index is 13.8. The Kier molecular flexibility index (Phi) is 9.03. The fraction of sp³-hybridized carbons (Fsp3) is 0.516. The Morgan fingerprint density at radius 1 is 1.18 bits per heavy atom. The number of para-hydroxylation sites is 2. The standard InChI is InChI=1S/C31H40N4O4S/c1-20-16-35(21(2)19-36)31(38)23-12-9-14-25(32-29(37)30-33-24-13-7-8-15-27(24)40-30)28(23)39-26(20)18-34(3)17-22-10-5-4-6-11-22/h7-9,12-15,20-22,26,36H,4-6,10-11,16-19H2,1-3H3,(H,32,37)/t20-,21+,26-/m0/s1. The molecule has 2 aromatic carbocycles. The minimum atomic E-state index is -0.345. The number of nitrogens with one attached hydrogen (secondary N) is 1. The Hall–Kier alpha value is -3.01. The molecular weight excluding hydrogens is 524 g/mol. The summed E-state index contributed by atoms with van der Waals surface area (Å²) in [5, 5.41) is 13.3. The first-order chi connectivity index (χ1) is 19.3. The van der Waals surface area contributed by atoms with E-state index < -0.39 is 0 Å². The number of rotatable bonds is 8. The van der Waals surface area contributed by atoms with Crippen molar-refractivity contribution in [2.24, 2.45) is 11.8 Å². The first kappa shape index (κ1) is 28.5. The number of anilines is 1. The van der Waals surface area contributed by atoms with Crippen molar-refractivity contribution in [1.29, 1.82) is 0 Å². The quantitative estimate of drug-likeness (QED) is 0.387. The topological polar surface area (TPSA) is 95.0 Å². The van der Waals surface area contributed by atoms with Crippen LogP contribution in [0.25, 0.3) is 10.2 Å². The van der Waals surface area contributed by atoms with Crippen molar-refractivity contribution < 1.29 is 19.4 Å². The molecule has 214 valence electrons. The van der Waals surface area contributed by atoms with Gasteiger partial charge < -0.3 is 25.0 Å². The molecule has 3 aromatic rings. The fourth-order valence-corrected chi connectivity index (χ4v) is 6.76. The number of aromatic nitrogens is 1. The van der Waals surface area contributed by atoms with Crippen molar-refractivity contribution in [3.05, 3.63) is 53.0 Å². The second-order valence-corrected chi connectivity index (χ2v) is 12.5. The van der Waals surface area contributed by atoms with E-state index in [9.17, 15) is 14.7 Å². The van der Waals surface area contributed by atoms with Crippen LogP contribution < -0.4 is 10.1 Å². The van der Waals surface area contributed by atoms with E-state index in [1.165, 1.54) is 43.4 Å². The highest BCUT2D eigenvalue weighted by molar-refractivity contribution is 7.20. The van der Waals surface area contributed by atoms with Gasteiger partial charge in [0.2, 0.25) is 0 Å². The molecule has 1 aliphatic heterocycles. The van der Waals surface area contributed by atoms with Crippen LogP contribution in [-0.4, -0.2) is 77.1 Å². The summed E-state index contributed by atoms with van der Waals surface area (Å²) in [5.74, 6) is 0.527. The van der Waals surface area contributed by atoms with Crippen molar-refractivity contribution in [3.8, 4) is 5.75 Å². The molecule has 1 fully saturated rings. The number of hydrogen-bond acceptors (Lipinski definition) is 7. The molecule has 0 saturated heterocycles. The molecule has 8 nitrogen and oxygen atoms in total. The van der Waals surface area contributed by atoms with E-state index in [0.29, 0.717) is 41.0 Å². The zero-order valence-electron chi connectivity index (χ0n) is 23.6. The van der Waals surface area contributed by atoms with Gasteiger partial charge in [-0.2, -0.15) is 0 Å². The first-order valence-electron chi connectivity index (χ1n) is 14.4. The van der Waals surface area contributed by atoms with Crippen molar-refractivity contribution in [1.82, 2.24) is 14.8 Å². The molecule has 1 saturated carbocycles. The predicted molar refractivity (Wildman–Crippen MR) is 159 cm³/mol. The summed E-state index contributed by atoms with van der Waals surface area (Å²) < 4.78 is 7.62. The molecule has 2 N–H and O–H groups in total. The maximum Gasteiger partial charge on any atom is 0.284 e. The van der Waals surface area contributed by atoms with Crippen molar-refractivity contribution in [2.45, 2.75) is 58.1 Å². The van der Waals surface area contributed by atoms with Gasteiger partial charge in [0.05, 0.1) is 34.1 Å². The average Bonchev–Trinajstić information content (AvgIpc) is 3.40. The van der Waals surface area contributed by atoms with Gasteiger partial charge in [0, 0.05) is 25.6 Å². The van der Waals surface area contributed by atoms with Gasteiger partial charge in [-0.15, -0.1) is 11.3 Å². The van der Waals surface area contributed by atoms with Crippen LogP contribution in [0.15, 0.2) is 42.5 Å². The Balaban J connectivity index is 1.44. The molecule has 1 aliphatic carbocycles. The Morgan fingerprint density at radius 2 is 1.95 bits per heavy atom. The third kappa shape index (κ3) is 6.32. The maximum atomic E-state index is 13.8. The smallest absolute Gasteiger partial charge is 0.284 e. The number of carbonyl (C=O) groups excluding carboxylic acids is 2. The minimum absolute atomic E-state index is 0.00734. The van der Waals surface area contributed by atoms with Gasteiger partial charge in [0.15, 0.2) is 10.8 Å². The molecule has 9 heteroatoms. The summed E-state index contributed by atoms with van der Waals surface area (Å²) in [6.45, 7) is 6.02. The molecule has 2 heterocycles. The van der Waals surface area contributed by atoms with E-state index in [1.807, 2.05) is 31.2 Å². The SMILES string of the molecule is C[C@H](CO)N1C[C@H](C)[C@H](CN(C)CC2CCCCC2)Oc2c(NC(=O)c3nc4ccccc4s3)cccc2C1=O. The van der Waals surface area contributed by atoms with E-state index in [4.69, 9.17) is 4.74 Å². The van der Waals surface area contributed by atoms with Crippen LogP contribution in [0.4, 0.5) is 5.69 Å². The van der Waals surface area contributed by atoms with Crippen LogP contribution in [0.3, 0.4) is 0 Å². The number of aliphatic hydroxyl groups excluding tert-OH is 1. The third-order valence-corrected chi connectivity index (χ3v) is 9.25. The van der Waals surface area contributed by atoms with Gasteiger partial charge >= 0.3 is 0 Å². The van der Waals surface area contributed by atoms with Gasteiger partial charge in [-0.3, -0.25) is 9.59 Å². The Morgan fingerprint density at radius 3 is 2.70 bits per heavy atom. The highest BCUT2D eigenvalue weighted by Crippen LogP contribution is 2.36. The number of ether oxygens (including phenoxy) is 1. The molecule has 1 aromatic heterocycles. The number of aliphatic hydroxyl groups is 1. The van der Waals surface area contributed by atoms with Crippen LogP contribution in [-0.2, 0) is 0 Å². The highest BCUT2D eigenvalue weighted by Gasteiger charge is 2.35. The molecule has 0 radical (unpaired) electrons. The monoisotopic (exact) mass is 564 g/mol. The number of carbonyl (C=O) groups is 2. The third-order valence-electron chi connectivity index (χ3n) is 8.21. The molecular formula is C31H40N4O4S. The fourth-order valence-electron chi connectivity index (χ4n) is 5.90. The number of benzene rings is 2. The molecule has 40 heavy (non-hydrogen) atoms. The molecule has 3 atom stereocenters. The summed E-state index contributed by atoms with van der Waals surface area (Å²) >= 11 is 1.33. The summed E-state index contributed by atoms with van der Waals surface area (Å²) in [6, 6.07) is 12.6. The average molecular weight is 565 g/mol. The molecule has 2 aliphatic rings. The lowest BCUT2D eigenvalue weighted by molar-refractivity contribution is 0.0332. The van der Waals surface area contributed by atoms with Crippen LogP contribution in [0.1, 0.15) is 66.1 Å². The van der Waals surface area contributed by atoms with Gasteiger partial charge in [-0.1, -0.05) is 44.4 Å². The van der Waals surface area contributed by atoms with Gasteiger partial charge in [0.1, 0.15) is 6.10 Å². The molecule has 0 bridgehead atoms. The summed E-state index contributed by atoms with van der Waals surface area (Å²) in [7, 11) is 2.14. The van der Waals surface area contributed by atoms with E-state index in [0.717, 1.165) is 16.8 Å². The lowest BCUT2D eigenvalue weighted by atomic mass is 9.89. The zero-order valence-corrected chi connectivity index (χ0v) is 24.5. The number of amides is 2. The van der Waals surface area contributed by atoms with Crippen LogP contribution in [0.5, 0.6) is 5.75 Å². The van der Waals surface area contributed by atoms with Crippen molar-refractivity contribution in [2.75, 3.05) is 38.6 Å². The minimum Gasteiger partial charge on any atom is -0.486 e. The van der Waals surface area contributed by atoms with Gasteiger partial charge in [-0.05, 0) is 57.0 Å². The predicted octanol–water partition coefficient (Wildman–Crippen LogP) is 5.28. The Labute approximate surface area is 240 Å². The summed E-state index contributed by atoms with van der Waals surface area (Å²) in [6.07, 6.45) is 6.26. The summed E-state index contributed by atoms with van der Waals surface area (Å²) in [5.41, 5.74) is 1.60. The largest absolute Gasteiger partial charge is 0.486 e. The number of thiazole rings is 1. The number of hydrogen-bond donors (Lipinski definition) is 2. The van der Waals surface area contributed by atoms with E-state index in [2.05, 4.69) is 29.2 Å². The number of likely N-dealkylation sites (N-methyl/N-ethyl adjacent to an activating group) is 1. The normalized spacial score (nSPS) is 21.0. The Bertz CT molecular complexity index is 1300. The molecule has 0 spiro atoms. The second-order valence-electron chi connectivity index (χ2n) is 11.5. The lowest BCUT2D eigenvalue weighted by Gasteiger charge is -2.39. The van der Waals surface area contributed by atoms with Crippen LogP contribution in [0, 0.1) is 11.8 Å². The summed E-state index contributed by atoms with van der Waals surface area (Å²) in [4.78, 5) is 35.6.